The van der Waals surface area contributed by atoms with Gasteiger partial charge in [0.05, 0.1) is 6.61 Å². The van der Waals surface area contributed by atoms with Gasteiger partial charge in [0.2, 0.25) is 8.32 Å². The van der Waals surface area contributed by atoms with Crippen molar-refractivity contribution >= 4 is 30.9 Å². The van der Waals surface area contributed by atoms with Crippen LogP contribution in [0.3, 0.4) is 0 Å². The standard InChI is InChI=1S/C12H25IOSi/c1-10(2)15(11(3)4,12(5)6)14-9-7-8-13/h7-8,10-12H,9H2,1-6H3/b8-7-. The van der Waals surface area contributed by atoms with Crippen molar-refractivity contribution in [3.05, 3.63) is 10.2 Å². The molecule has 0 unspecified atom stereocenters. The van der Waals surface area contributed by atoms with E-state index in [9.17, 15) is 0 Å². The molecule has 0 aliphatic heterocycles. The van der Waals surface area contributed by atoms with E-state index in [4.69, 9.17) is 4.43 Å². The van der Waals surface area contributed by atoms with Gasteiger partial charge in [0.1, 0.15) is 0 Å². The van der Waals surface area contributed by atoms with E-state index in [0.29, 0.717) is 16.6 Å². The van der Waals surface area contributed by atoms with E-state index in [-0.39, 0.29) is 0 Å². The first-order valence-corrected chi connectivity index (χ1v) is 9.17. The van der Waals surface area contributed by atoms with Crippen molar-refractivity contribution in [2.24, 2.45) is 0 Å². The van der Waals surface area contributed by atoms with Crippen molar-refractivity contribution in [2.75, 3.05) is 6.61 Å². The van der Waals surface area contributed by atoms with E-state index in [2.05, 4.69) is 70.2 Å². The maximum atomic E-state index is 6.30. The summed E-state index contributed by atoms with van der Waals surface area (Å²) in [6.07, 6.45) is 2.11. The third-order valence-corrected chi connectivity index (χ3v) is 9.82. The van der Waals surface area contributed by atoms with E-state index in [0.717, 1.165) is 6.61 Å². The fraction of sp³-hybridized carbons (Fsp3) is 0.833. The van der Waals surface area contributed by atoms with Crippen LogP contribution in [0, 0.1) is 0 Å². The van der Waals surface area contributed by atoms with Crippen molar-refractivity contribution in [3.63, 3.8) is 0 Å². The third kappa shape index (κ3) is 3.86. The molecule has 0 amide bonds. The van der Waals surface area contributed by atoms with E-state index in [1.54, 1.807) is 0 Å². The van der Waals surface area contributed by atoms with Crippen LogP contribution >= 0.6 is 22.6 Å². The van der Waals surface area contributed by atoms with E-state index in [1.807, 2.05) is 4.08 Å². The van der Waals surface area contributed by atoms with Crippen LogP contribution in [0.4, 0.5) is 0 Å². The lowest BCUT2D eigenvalue weighted by molar-refractivity contribution is 0.316. The minimum Gasteiger partial charge on any atom is -0.412 e. The van der Waals surface area contributed by atoms with Crippen molar-refractivity contribution in [1.82, 2.24) is 0 Å². The fourth-order valence-corrected chi connectivity index (χ4v) is 8.32. The number of rotatable bonds is 6. The Bertz CT molecular complexity index is 178. The summed E-state index contributed by atoms with van der Waals surface area (Å²) in [5.41, 5.74) is 2.04. The highest BCUT2D eigenvalue weighted by Gasteiger charge is 2.44. The van der Waals surface area contributed by atoms with Gasteiger partial charge in [-0.05, 0) is 20.7 Å². The van der Waals surface area contributed by atoms with E-state index < -0.39 is 8.32 Å². The summed E-state index contributed by atoms with van der Waals surface area (Å²) in [6.45, 7) is 14.7. The molecule has 0 spiro atoms. The molecule has 3 heteroatoms. The Morgan fingerprint density at radius 1 is 1.00 bits per heavy atom. The van der Waals surface area contributed by atoms with Crippen LogP contribution in [0.25, 0.3) is 0 Å². The minimum atomic E-state index is -1.62. The number of hydrogen-bond donors (Lipinski definition) is 0. The highest BCUT2D eigenvalue weighted by molar-refractivity contribution is 14.1. The van der Waals surface area contributed by atoms with Gasteiger partial charge in [-0.25, -0.2) is 0 Å². The molecule has 0 aromatic rings. The zero-order chi connectivity index (χ0) is 12.1. The first-order chi connectivity index (χ1) is 6.89. The maximum Gasteiger partial charge on any atom is 0.200 e. The highest BCUT2D eigenvalue weighted by atomic mass is 127. The summed E-state index contributed by atoms with van der Waals surface area (Å²) in [4.78, 5) is 0. The molecule has 0 N–H and O–H groups in total. The van der Waals surface area contributed by atoms with Gasteiger partial charge < -0.3 is 4.43 Å². The topological polar surface area (TPSA) is 9.23 Å². The summed E-state index contributed by atoms with van der Waals surface area (Å²) in [5, 5.41) is 0. The zero-order valence-electron chi connectivity index (χ0n) is 10.9. The Morgan fingerprint density at radius 3 is 1.67 bits per heavy atom. The second-order valence-electron chi connectivity index (χ2n) is 4.99. The Kier molecular flexibility index (Phi) is 7.37. The van der Waals surface area contributed by atoms with Gasteiger partial charge in [-0.3, -0.25) is 0 Å². The molecule has 0 heterocycles. The van der Waals surface area contributed by atoms with Crippen molar-refractivity contribution < 1.29 is 4.43 Å². The van der Waals surface area contributed by atoms with Crippen LogP contribution in [0.1, 0.15) is 41.5 Å². The van der Waals surface area contributed by atoms with E-state index >= 15 is 0 Å². The van der Waals surface area contributed by atoms with Crippen molar-refractivity contribution in [2.45, 2.75) is 58.2 Å². The summed E-state index contributed by atoms with van der Waals surface area (Å²) in [6, 6.07) is 0. The lowest BCUT2D eigenvalue weighted by atomic mass is 10.5. The normalized spacial score (nSPS) is 13.7. The van der Waals surface area contributed by atoms with E-state index in [1.165, 1.54) is 0 Å². The van der Waals surface area contributed by atoms with Gasteiger partial charge in [0, 0.05) is 0 Å². The number of hydrogen-bond acceptors (Lipinski definition) is 1. The van der Waals surface area contributed by atoms with Crippen LogP contribution in [0.15, 0.2) is 10.2 Å². The summed E-state index contributed by atoms with van der Waals surface area (Å²) < 4.78 is 8.34. The average Bonchev–Trinajstić information content (AvgIpc) is 2.10. The summed E-state index contributed by atoms with van der Waals surface area (Å²) in [7, 11) is -1.62. The van der Waals surface area contributed by atoms with Gasteiger partial charge in [0.15, 0.2) is 0 Å². The Labute approximate surface area is 110 Å². The molecule has 0 aliphatic rings. The van der Waals surface area contributed by atoms with Crippen LogP contribution in [-0.2, 0) is 4.43 Å². The molecule has 90 valence electrons. The van der Waals surface area contributed by atoms with Crippen molar-refractivity contribution in [3.8, 4) is 0 Å². The van der Waals surface area contributed by atoms with Crippen LogP contribution in [0.5, 0.6) is 0 Å². The molecule has 0 aromatic carbocycles. The molecule has 0 bridgehead atoms. The monoisotopic (exact) mass is 340 g/mol. The molecular weight excluding hydrogens is 315 g/mol. The molecular formula is C12H25IOSi. The average molecular weight is 340 g/mol. The molecule has 0 atom stereocenters. The summed E-state index contributed by atoms with van der Waals surface area (Å²) in [5.74, 6) is 0. The number of halogens is 1. The molecule has 0 aliphatic carbocycles. The lowest BCUT2D eigenvalue weighted by Gasteiger charge is -2.41. The first kappa shape index (κ1) is 15.6. The van der Waals surface area contributed by atoms with Crippen LogP contribution < -0.4 is 0 Å². The fourth-order valence-electron chi connectivity index (χ4n) is 2.73. The smallest absolute Gasteiger partial charge is 0.200 e. The molecule has 0 fully saturated rings. The second kappa shape index (κ2) is 7.07. The van der Waals surface area contributed by atoms with Gasteiger partial charge in [-0.2, -0.15) is 0 Å². The maximum absolute atomic E-state index is 6.30. The molecule has 0 aromatic heterocycles. The molecule has 15 heavy (non-hydrogen) atoms. The minimum absolute atomic E-state index is 0.681. The Balaban J connectivity index is 4.80. The van der Waals surface area contributed by atoms with Gasteiger partial charge >= 0.3 is 0 Å². The molecule has 0 saturated carbocycles. The van der Waals surface area contributed by atoms with Crippen LogP contribution in [0.2, 0.25) is 16.6 Å². The quantitative estimate of drug-likeness (QED) is 0.481. The zero-order valence-corrected chi connectivity index (χ0v) is 14.0. The molecule has 1 nitrogen and oxygen atoms in total. The predicted molar refractivity (Wildman–Crippen MR) is 80.2 cm³/mol. The Morgan fingerprint density at radius 2 is 1.40 bits per heavy atom. The Hall–Kier alpha value is 0.647. The van der Waals surface area contributed by atoms with Gasteiger partial charge in [0.25, 0.3) is 0 Å². The molecule has 0 rings (SSSR count). The third-order valence-electron chi connectivity index (χ3n) is 3.23. The molecule has 0 saturated heterocycles. The summed E-state index contributed by atoms with van der Waals surface area (Å²) >= 11 is 2.25. The predicted octanol–water partition coefficient (Wildman–Crippen LogP) is 5.13. The SMILES string of the molecule is CC(C)[Si](OC/C=C\I)(C(C)C)C(C)C. The van der Waals surface area contributed by atoms with Crippen LogP contribution in [-0.4, -0.2) is 14.9 Å². The van der Waals surface area contributed by atoms with Gasteiger partial charge in [-0.15, -0.1) is 0 Å². The molecule has 0 radical (unpaired) electrons. The first-order valence-electron chi connectivity index (χ1n) is 5.78. The van der Waals surface area contributed by atoms with Gasteiger partial charge in [-0.1, -0.05) is 70.2 Å². The lowest BCUT2D eigenvalue weighted by Crippen LogP contribution is -2.47. The highest BCUT2D eigenvalue weighted by Crippen LogP contribution is 2.42. The van der Waals surface area contributed by atoms with Crippen molar-refractivity contribution in [1.29, 1.82) is 0 Å². The second-order valence-corrected chi connectivity index (χ2v) is 11.2. The largest absolute Gasteiger partial charge is 0.412 e.